The van der Waals surface area contributed by atoms with Crippen LogP contribution in [0.1, 0.15) is 52.3 Å². The van der Waals surface area contributed by atoms with Crippen molar-refractivity contribution in [2.24, 2.45) is 5.92 Å². The first kappa shape index (κ1) is 15.3. The van der Waals surface area contributed by atoms with Gasteiger partial charge in [0.1, 0.15) is 0 Å². The summed E-state index contributed by atoms with van der Waals surface area (Å²) in [6, 6.07) is 3.99. The number of ether oxygens (including phenoxy) is 1. The van der Waals surface area contributed by atoms with Crippen molar-refractivity contribution < 1.29 is 4.74 Å². The van der Waals surface area contributed by atoms with Crippen molar-refractivity contribution in [3.63, 3.8) is 0 Å². The molecule has 0 aromatic carbocycles. The third-order valence-corrected chi connectivity index (χ3v) is 3.04. The van der Waals surface area contributed by atoms with Gasteiger partial charge < -0.3 is 4.74 Å². The molecule has 0 aliphatic heterocycles. The zero-order valence-electron chi connectivity index (χ0n) is 12.1. The van der Waals surface area contributed by atoms with Gasteiger partial charge in [-0.25, -0.2) is 4.98 Å². The smallest absolute Gasteiger partial charge is 0.213 e. The molecule has 1 heterocycles. The van der Waals surface area contributed by atoms with E-state index in [0.29, 0.717) is 24.3 Å². The minimum absolute atomic E-state index is 0.0121. The summed E-state index contributed by atoms with van der Waals surface area (Å²) in [6.07, 6.45) is 1.04. The molecule has 0 aliphatic rings. The van der Waals surface area contributed by atoms with Crippen LogP contribution in [0.15, 0.2) is 12.1 Å². The van der Waals surface area contributed by atoms with E-state index in [-0.39, 0.29) is 5.41 Å². The fourth-order valence-corrected chi connectivity index (χ4v) is 1.65. The first-order chi connectivity index (χ1) is 8.32. The quantitative estimate of drug-likeness (QED) is 0.732. The lowest BCUT2D eigenvalue weighted by Crippen LogP contribution is -2.15. The van der Waals surface area contributed by atoms with Crippen LogP contribution >= 0.6 is 11.6 Å². The van der Waals surface area contributed by atoms with Gasteiger partial charge in [-0.05, 0) is 24.0 Å². The van der Waals surface area contributed by atoms with E-state index in [2.05, 4.69) is 45.7 Å². The van der Waals surface area contributed by atoms with Crippen molar-refractivity contribution in [3.8, 4) is 5.88 Å². The van der Waals surface area contributed by atoms with Crippen LogP contribution in [-0.4, -0.2) is 11.6 Å². The Hall–Kier alpha value is -0.760. The molecule has 0 spiro atoms. The molecule has 0 unspecified atom stereocenters. The molecule has 1 rings (SSSR count). The molecule has 18 heavy (non-hydrogen) atoms. The summed E-state index contributed by atoms with van der Waals surface area (Å²) in [5.74, 6) is 1.83. The van der Waals surface area contributed by atoms with Crippen LogP contribution in [0.5, 0.6) is 5.88 Å². The van der Waals surface area contributed by atoms with E-state index in [1.807, 2.05) is 6.07 Å². The van der Waals surface area contributed by atoms with Crippen molar-refractivity contribution in [3.05, 3.63) is 23.4 Å². The number of aromatic nitrogens is 1. The van der Waals surface area contributed by atoms with Gasteiger partial charge in [0.15, 0.2) is 0 Å². The molecule has 1 aromatic heterocycles. The topological polar surface area (TPSA) is 22.1 Å². The van der Waals surface area contributed by atoms with E-state index in [0.717, 1.165) is 17.7 Å². The van der Waals surface area contributed by atoms with Crippen LogP contribution in [0.2, 0.25) is 0 Å². The molecule has 2 nitrogen and oxygen atoms in total. The molecule has 0 saturated carbocycles. The van der Waals surface area contributed by atoms with Crippen LogP contribution in [0.3, 0.4) is 0 Å². The van der Waals surface area contributed by atoms with Crippen molar-refractivity contribution in [2.45, 2.75) is 52.3 Å². The first-order valence-corrected chi connectivity index (χ1v) is 7.06. The van der Waals surface area contributed by atoms with Gasteiger partial charge in [-0.3, -0.25) is 0 Å². The Bertz CT molecular complexity index is 383. The Kier molecular flexibility index (Phi) is 5.46. The molecule has 0 radical (unpaired) electrons. The molecular formula is C15H24ClNO. The Balaban J connectivity index is 2.84. The van der Waals surface area contributed by atoms with Gasteiger partial charge in [-0.2, -0.15) is 0 Å². The summed E-state index contributed by atoms with van der Waals surface area (Å²) in [4.78, 5) is 4.57. The van der Waals surface area contributed by atoms with Gasteiger partial charge in [-0.1, -0.05) is 34.6 Å². The van der Waals surface area contributed by atoms with Crippen LogP contribution in [-0.2, 0) is 11.3 Å². The lowest BCUT2D eigenvalue weighted by atomic mass is 9.91. The normalized spacial score (nSPS) is 11.9. The molecule has 1 aromatic rings. The minimum Gasteiger partial charge on any atom is -0.478 e. The third-order valence-electron chi connectivity index (χ3n) is 2.73. The molecule has 0 amide bonds. The van der Waals surface area contributed by atoms with E-state index in [4.69, 9.17) is 16.3 Å². The maximum atomic E-state index is 5.92. The summed E-state index contributed by atoms with van der Waals surface area (Å²) >= 11 is 5.92. The van der Waals surface area contributed by atoms with E-state index < -0.39 is 0 Å². The Labute approximate surface area is 116 Å². The summed E-state index contributed by atoms with van der Waals surface area (Å²) < 4.78 is 5.73. The molecule has 0 saturated heterocycles. The average Bonchev–Trinajstić information content (AvgIpc) is 2.27. The molecular weight excluding hydrogens is 246 g/mol. The summed E-state index contributed by atoms with van der Waals surface area (Å²) in [5.41, 5.74) is 2.11. The average molecular weight is 270 g/mol. The predicted octanol–water partition coefficient (Wildman–Crippen LogP) is 4.54. The number of hydrogen-bond acceptors (Lipinski definition) is 2. The van der Waals surface area contributed by atoms with Gasteiger partial charge in [0.25, 0.3) is 0 Å². The molecule has 0 atom stereocenters. The number of alkyl halides is 1. The Morgan fingerprint density at radius 1 is 1.28 bits per heavy atom. The molecule has 0 fully saturated rings. The van der Waals surface area contributed by atoms with E-state index in [1.54, 1.807) is 0 Å². The summed E-state index contributed by atoms with van der Waals surface area (Å²) in [5, 5.41) is 0. The highest BCUT2D eigenvalue weighted by Gasteiger charge is 2.17. The van der Waals surface area contributed by atoms with Gasteiger partial charge in [0, 0.05) is 17.4 Å². The fourth-order valence-electron chi connectivity index (χ4n) is 1.49. The second-order valence-electron chi connectivity index (χ2n) is 6.11. The maximum Gasteiger partial charge on any atom is 0.213 e. The minimum atomic E-state index is 0.0121. The van der Waals surface area contributed by atoms with Crippen molar-refractivity contribution in [1.29, 1.82) is 0 Å². The van der Waals surface area contributed by atoms with E-state index in [9.17, 15) is 0 Å². The van der Waals surface area contributed by atoms with Crippen molar-refractivity contribution in [2.75, 3.05) is 6.61 Å². The third kappa shape index (κ3) is 4.85. The standard InChI is InChI=1S/C15H24ClNO/c1-11(2)6-7-18-14-9-12(10-16)8-13(17-14)15(3,4)5/h8-9,11H,6-7,10H2,1-5H3. The fraction of sp³-hybridized carbons (Fsp3) is 0.667. The number of nitrogens with zero attached hydrogens (tertiary/aromatic N) is 1. The second-order valence-corrected chi connectivity index (χ2v) is 6.38. The van der Waals surface area contributed by atoms with Gasteiger partial charge in [0.05, 0.1) is 12.3 Å². The highest BCUT2D eigenvalue weighted by Crippen LogP contribution is 2.25. The van der Waals surface area contributed by atoms with Crippen LogP contribution in [0.4, 0.5) is 0 Å². The highest BCUT2D eigenvalue weighted by atomic mass is 35.5. The number of pyridine rings is 1. The predicted molar refractivity (Wildman–Crippen MR) is 77.4 cm³/mol. The zero-order chi connectivity index (χ0) is 13.8. The van der Waals surface area contributed by atoms with E-state index >= 15 is 0 Å². The number of halogens is 1. The van der Waals surface area contributed by atoms with Crippen LogP contribution in [0, 0.1) is 5.92 Å². The summed E-state index contributed by atoms with van der Waals surface area (Å²) in [7, 11) is 0. The Morgan fingerprint density at radius 2 is 1.94 bits per heavy atom. The zero-order valence-corrected chi connectivity index (χ0v) is 12.8. The van der Waals surface area contributed by atoms with Gasteiger partial charge in [-0.15, -0.1) is 11.6 Å². The molecule has 0 N–H and O–H groups in total. The molecule has 102 valence electrons. The number of hydrogen-bond donors (Lipinski definition) is 0. The van der Waals surface area contributed by atoms with Crippen LogP contribution in [0.25, 0.3) is 0 Å². The molecule has 0 bridgehead atoms. The van der Waals surface area contributed by atoms with Crippen LogP contribution < -0.4 is 4.74 Å². The summed E-state index contributed by atoms with van der Waals surface area (Å²) in [6.45, 7) is 11.5. The van der Waals surface area contributed by atoms with Gasteiger partial charge in [0.2, 0.25) is 5.88 Å². The van der Waals surface area contributed by atoms with Gasteiger partial charge >= 0.3 is 0 Å². The number of rotatable bonds is 5. The van der Waals surface area contributed by atoms with Crippen molar-refractivity contribution in [1.82, 2.24) is 4.98 Å². The lowest BCUT2D eigenvalue weighted by molar-refractivity contribution is 0.277. The van der Waals surface area contributed by atoms with Crippen molar-refractivity contribution >= 4 is 11.6 Å². The SMILES string of the molecule is CC(C)CCOc1cc(CCl)cc(C(C)(C)C)n1. The van der Waals surface area contributed by atoms with E-state index in [1.165, 1.54) is 0 Å². The largest absolute Gasteiger partial charge is 0.478 e. The highest BCUT2D eigenvalue weighted by molar-refractivity contribution is 6.17. The lowest BCUT2D eigenvalue weighted by Gasteiger charge is -2.19. The molecule has 3 heteroatoms. The molecule has 0 aliphatic carbocycles. The first-order valence-electron chi connectivity index (χ1n) is 6.53. The maximum absolute atomic E-state index is 5.92. The second kappa shape index (κ2) is 6.42. The Morgan fingerprint density at radius 3 is 2.44 bits per heavy atom. The monoisotopic (exact) mass is 269 g/mol.